The number of hydrogen-bond acceptors (Lipinski definition) is 4. The van der Waals surface area contributed by atoms with Crippen LogP contribution >= 0.6 is 46.3 Å². The van der Waals surface area contributed by atoms with E-state index in [1.807, 2.05) is 0 Å². The molecule has 0 saturated heterocycles. The van der Waals surface area contributed by atoms with Gasteiger partial charge in [-0.1, -0.05) is 29.3 Å². The molecule has 0 saturated carbocycles. The molecule has 8 heteroatoms. The average Bonchev–Trinajstić information content (AvgIpc) is 3.00. The number of nitrogens with one attached hydrogen (secondary N) is 2. The van der Waals surface area contributed by atoms with Gasteiger partial charge in [-0.2, -0.15) is 0 Å². The number of thiophene rings is 1. The Morgan fingerprint density at radius 3 is 2.71 bits per heavy atom. The lowest BCUT2D eigenvalue weighted by atomic mass is 10.4. The summed E-state index contributed by atoms with van der Waals surface area (Å²) >= 11 is 14.4. The zero-order valence-corrected chi connectivity index (χ0v) is 13.7. The number of benzene rings is 1. The van der Waals surface area contributed by atoms with Crippen LogP contribution in [0.1, 0.15) is 9.67 Å². The molecule has 1 aromatic heterocycles. The zero-order chi connectivity index (χ0) is 15.2. The molecule has 2 N–H and O–H groups in total. The van der Waals surface area contributed by atoms with Gasteiger partial charge in [-0.25, -0.2) is 0 Å². The normalized spacial score (nSPS) is 10.2. The molecule has 0 fully saturated rings. The molecule has 2 aromatic rings. The van der Waals surface area contributed by atoms with Crippen LogP contribution < -0.4 is 10.9 Å². The fourth-order valence-electron chi connectivity index (χ4n) is 1.36. The van der Waals surface area contributed by atoms with Crippen LogP contribution in [-0.2, 0) is 4.79 Å². The topological polar surface area (TPSA) is 58.2 Å². The molecule has 2 rings (SSSR count). The van der Waals surface area contributed by atoms with Gasteiger partial charge in [0.15, 0.2) is 0 Å². The monoisotopic (exact) mass is 360 g/mol. The van der Waals surface area contributed by atoms with Gasteiger partial charge in [0.05, 0.1) is 15.7 Å². The Kier molecular flexibility index (Phi) is 5.93. The van der Waals surface area contributed by atoms with Crippen LogP contribution in [0.5, 0.6) is 0 Å². The number of hydrazine groups is 1. The van der Waals surface area contributed by atoms with Gasteiger partial charge in [0, 0.05) is 9.92 Å². The van der Waals surface area contributed by atoms with Gasteiger partial charge in [0.1, 0.15) is 0 Å². The Morgan fingerprint density at radius 1 is 1.19 bits per heavy atom. The number of carbonyl (C=O) groups is 2. The molecular formula is C13H10Cl2N2O2S2. The number of hydrogen-bond donors (Lipinski definition) is 2. The number of carbonyl (C=O) groups excluding carboxylic acids is 2. The summed E-state index contributed by atoms with van der Waals surface area (Å²) in [4.78, 5) is 24.5. The lowest BCUT2D eigenvalue weighted by molar-refractivity contribution is -0.119. The molecule has 2 amide bonds. The summed E-state index contributed by atoms with van der Waals surface area (Å²) < 4.78 is 0. The van der Waals surface area contributed by atoms with Crippen molar-refractivity contribution in [1.82, 2.24) is 10.9 Å². The van der Waals surface area contributed by atoms with Gasteiger partial charge in [-0.3, -0.25) is 20.4 Å². The summed E-state index contributed by atoms with van der Waals surface area (Å²) in [6, 6.07) is 8.47. The van der Waals surface area contributed by atoms with E-state index >= 15 is 0 Å². The smallest absolute Gasteiger partial charge is 0.272 e. The SMILES string of the molecule is O=C(CSc1cc(Cl)ccc1Cl)NNC(=O)c1cccs1. The van der Waals surface area contributed by atoms with Crippen LogP contribution in [0.2, 0.25) is 10.0 Å². The molecule has 0 spiro atoms. The molecule has 1 aromatic carbocycles. The van der Waals surface area contributed by atoms with E-state index in [-0.39, 0.29) is 17.6 Å². The first-order valence-electron chi connectivity index (χ1n) is 5.77. The molecular weight excluding hydrogens is 351 g/mol. The van der Waals surface area contributed by atoms with E-state index in [1.54, 1.807) is 35.7 Å². The molecule has 110 valence electrons. The molecule has 1 heterocycles. The van der Waals surface area contributed by atoms with Crippen molar-refractivity contribution in [3.63, 3.8) is 0 Å². The first-order chi connectivity index (χ1) is 10.1. The van der Waals surface area contributed by atoms with Gasteiger partial charge >= 0.3 is 0 Å². The van der Waals surface area contributed by atoms with Crippen molar-refractivity contribution in [1.29, 1.82) is 0 Å². The highest BCUT2D eigenvalue weighted by molar-refractivity contribution is 8.00. The van der Waals surface area contributed by atoms with E-state index in [0.717, 1.165) is 0 Å². The van der Waals surface area contributed by atoms with E-state index in [0.29, 0.717) is 19.8 Å². The molecule has 0 radical (unpaired) electrons. The largest absolute Gasteiger partial charge is 0.279 e. The van der Waals surface area contributed by atoms with E-state index in [9.17, 15) is 9.59 Å². The Hall–Kier alpha value is -1.21. The minimum atomic E-state index is -0.343. The summed E-state index contributed by atoms with van der Waals surface area (Å²) in [5.41, 5.74) is 4.69. The molecule has 4 nitrogen and oxygen atoms in total. The van der Waals surface area contributed by atoms with Crippen molar-refractivity contribution in [2.24, 2.45) is 0 Å². The highest BCUT2D eigenvalue weighted by atomic mass is 35.5. The zero-order valence-electron chi connectivity index (χ0n) is 10.6. The minimum absolute atomic E-state index is 0.116. The van der Waals surface area contributed by atoms with Crippen LogP contribution in [0.25, 0.3) is 0 Å². The maximum absolute atomic E-state index is 11.7. The molecule has 0 aliphatic carbocycles. The fraction of sp³-hybridized carbons (Fsp3) is 0.0769. The Labute approximate surface area is 139 Å². The van der Waals surface area contributed by atoms with Gasteiger partial charge in [0.25, 0.3) is 5.91 Å². The van der Waals surface area contributed by atoms with Crippen LogP contribution in [0.4, 0.5) is 0 Å². The first-order valence-corrected chi connectivity index (χ1v) is 8.39. The number of rotatable bonds is 4. The third-order valence-electron chi connectivity index (χ3n) is 2.31. The summed E-state index contributed by atoms with van der Waals surface area (Å²) in [5, 5.41) is 2.86. The van der Waals surface area contributed by atoms with Crippen molar-refractivity contribution < 1.29 is 9.59 Å². The summed E-state index contributed by atoms with van der Waals surface area (Å²) in [7, 11) is 0. The second kappa shape index (κ2) is 7.70. The lowest BCUT2D eigenvalue weighted by Crippen LogP contribution is -2.42. The molecule has 0 atom stereocenters. The number of halogens is 2. The van der Waals surface area contributed by atoms with E-state index < -0.39 is 0 Å². The van der Waals surface area contributed by atoms with Gasteiger partial charge in [0.2, 0.25) is 5.91 Å². The summed E-state index contributed by atoms with van der Waals surface area (Å²) in [6.07, 6.45) is 0. The fourth-order valence-corrected chi connectivity index (χ4v) is 3.27. The predicted octanol–water partition coefficient (Wildman–Crippen LogP) is 3.61. The van der Waals surface area contributed by atoms with E-state index in [2.05, 4.69) is 10.9 Å². The van der Waals surface area contributed by atoms with Crippen LogP contribution in [0, 0.1) is 0 Å². The Balaban J connectivity index is 1.80. The average molecular weight is 361 g/mol. The maximum Gasteiger partial charge on any atom is 0.279 e. The standard InChI is InChI=1S/C13H10Cl2N2O2S2/c14-8-3-4-9(15)11(6-8)21-7-12(18)16-17-13(19)10-2-1-5-20-10/h1-6H,7H2,(H,16,18)(H,17,19). The minimum Gasteiger partial charge on any atom is -0.272 e. The predicted molar refractivity (Wildman–Crippen MR) is 87.1 cm³/mol. The van der Waals surface area contributed by atoms with Crippen LogP contribution in [0.15, 0.2) is 40.6 Å². The van der Waals surface area contributed by atoms with Crippen molar-refractivity contribution in [3.8, 4) is 0 Å². The second-order valence-electron chi connectivity index (χ2n) is 3.84. The third-order valence-corrected chi connectivity index (χ3v) is 4.91. The van der Waals surface area contributed by atoms with Gasteiger partial charge < -0.3 is 0 Å². The number of amides is 2. The molecule has 0 aliphatic rings. The summed E-state index contributed by atoms with van der Waals surface area (Å²) in [5.74, 6) is -0.560. The van der Waals surface area contributed by atoms with Gasteiger partial charge in [-0.05, 0) is 29.6 Å². The third kappa shape index (κ3) is 4.93. The highest BCUT2D eigenvalue weighted by Crippen LogP contribution is 2.29. The van der Waals surface area contributed by atoms with E-state index in [4.69, 9.17) is 23.2 Å². The second-order valence-corrected chi connectivity index (χ2v) is 6.65. The van der Waals surface area contributed by atoms with Crippen molar-refractivity contribution in [2.75, 3.05) is 5.75 Å². The lowest BCUT2D eigenvalue weighted by Gasteiger charge is -2.07. The Morgan fingerprint density at radius 2 is 2.00 bits per heavy atom. The summed E-state index contributed by atoms with van der Waals surface area (Å²) in [6.45, 7) is 0. The van der Waals surface area contributed by atoms with Crippen LogP contribution in [-0.4, -0.2) is 17.6 Å². The first kappa shape index (κ1) is 16.2. The number of thioether (sulfide) groups is 1. The van der Waals surface area contributed by atoms with Crippen molar-refractivity contribution in [2.45, 2.75) is 4.90 Å². The molecule has 0 unspecified atom stereocenters. The van der Waals surface area contributed by atoms with Gasteiger partial charge in [-0.15, -0.1) is 23.1 Å². The molecule has 0 aliphatic heterocycles. The highest BCUT2D eigenvalue weighted by Gasteiger charge is 2.09. The van der Waals surface area contributed by atoms with Crippen molar-refractivity contribution in [3.05, 3.63) is 50.6 Å². The van der Waals surface area contributed by atoms with E-state index in [1.165, 1.54) is 23.1 Å². The quantitative estimate of drug-likeness (QED) is 0.646. The van der Waals surface area contributed by atoms with Crippen LogP contribution in [0.3, 0.4) is 0 Å². The Bertz CT molecular complexity index is 648. The molecule has 21 heavy (non-hydrogen) atoms. The van der Waals surface area contributed by atoms with Crippen molar-refractivity contribution >= 4 is 58.1 Å². The molecule has 0 bridgehead atoms. The maximum atomic E-state index is 11.7.